The molecule has 0 bridgehead atoms. The number of halogens is 6. The van der Waals surface area contributed by atoms with Crippen LogP contribution in [0.1, 0.15) is 13.3 Å². The van der Waals surface area contributed by atoms with Crippen molar-refractivity contribution in [3.05, 3.63) is 11.6 Å². The van der Waals surface area contributed by atoms with E-state index < -0.39 is 36.2 Å². The van der Waals surface area contributed by atoms with Crippen molar-refractivity contribution >= 4 is 5.97 Å². The number of rotatable bonds is 4. The van der Waals surface area contributed by atoms with Gasteiger partial charge in [0, 0.05) is 5.57 Å². The Hall–Kier alpha value is -1.21. The predicted molar refractivity (Wildman–Crippen MR) is 46.3 cm³/mol. The fourth-order valence-corrected chi connectivity index (χ4v) is 0.938. The molecule has 2 nitrogen and oxygen atoms in total. The Morgan fingerprint density at radius 2 is 1.76 bits per heavy atom. The van der Waals surface area contributed by atoms with Gasteiger partial charge in [-0.15, -0.1) is 0 Å². The van der Waals surface area contributed by atoms with E-state index in [1.807, 2.05) is 0 Å². The first-order valence-electron chi connectivity index (χ1n) is 4.36. The number of ether oxygens (including phenoxy) is 1. The topological polar surface area (TPSA) is 26.3 Å². The summed E-state index contributed by atoms with van der Waals surface area (Å²) in [6.07, 6.45) is -10.9. The average Bonchev–Trinajstić information content (AvgIpc) is 2.13. The molecule has 0 aliphatic carbocycles. The number of hydrogen-bond acceptors (Lipinski definition) is 2. The zero-order valence-electron chi connectivity index (χ0n) is 8.95. The molecule has 0 spiro atoms. The molecule has 0 aliphatic rings. The Balaban J connectivity index is 4.83. The van der Waals surface area contributed by atoms with Crippen molar-refractivity contribution in [2.45, 2.75) is 31.6 Å². The van der Waals surface area contributed by atoms with Crippen LogP contribution in [0.15, 0.2) is 11.6 Å². The Morgan fingerprint density at radius 3 is 2.12 bits per heavy atom. The van der Waals surface area contributed by atoms with Crippen LogP contribution < -0.4 is 0 Å². The van der Waals surface area contributed by atoms with Gasteiger partial charge in [-0.05, 0) is 13.0 Å². The van der Waals surface area contributed by atoms with Crippen LogP contribution in [0.2, 0.25) is 0 Å². The van der Waals surface area contributed by atoms with Crippen molar-refractivity contribution in [1.82, 2.24) is 0 Å². The lowest BCUT2D eigenvalue weighted by Gasteiger charge is -2.19. The van der Waals surface area contributed by atoms with Crippen molar-refractivity contribution < 1.29 is 35.9 Å². The highest BCUT2D eigenvalue weighted by molar-refractivity contribution is 5.87. The first kappa shape index (κ1) is 15.8. The summed E-state index contributed by atoms with van der Waals surface area (Å²) >= 11 is 0. The minimum absolute atomic E-state index is 0.171. The molecule has 0 radical (unpaired) electrons. The molecule has 1 unspecified atom stereocenters. The number of esters is 1. The normalized spacial score (nSPS) is 15.6. The van der Waals surface area contributed by atoms with Gasteiger partial charge in [0.05, 0.1) is 13.5 Å². The monoisotopic (exact) mass is 264 g/mol. The SMILES string of the molecule is COC(=O)C(C)=CC(F)(F)C(F)CC(F)(F)F. The van der Waals surface area contributed by atoms with Gasteiger partial charge in [-0.1, -0.05) is 0 Å². The molecule has 0 saturated carbocycles. The van der Waals surface area contributed by atoms with Crippen molar-refractivity contribution in [1.29, 1.82) is 0 Å². The molecule has 1 atom stereocenters. The van der Waals surface area contributed by atoms with Gasteiger partial charge in [0.1, 0.15) is 0 Å². The largest absolute Gasteiger partial charge is 0.466 e. The van der Waals surface area contributed by atoms with Gasteiger partial charge >= 0.3 is 12.1 Å². The predicted octanol–water partition coefficient (Wildman–Crippen LogP) is 3.03. The number of methoxy groups -OCH3 is 1. The van der Waals surface area contributed by atoms with Crippen LogP contribution in [-0.4, -0.2) is 31.3 Å². The smallest absolute Gasteiger partial charge is 0.392 e. The first-order chi connectivity index (χ1) is 7.49. The maximum absolute atomic E-state index is 12.9. The lowest BCUT2D eigenvalue weighted by Crippen LogP contribution is -2.33. The zero-order valence-corrected chi connectivity index (χ0v) is 8.95. The second kappa shape index (κ2) is 5.42. The molecule has 17 heavy (non-hydrogen) atoms. The van der Waals surface area contributed by atoms with Crippen molar-refractivity contribution in [3.8, 4) is 0 Å². The van der Waals surface area contributed by atoms with E-state index in [1.54, 1.807) is 0 Å². The van der Waals surface area contributed by atoms with Crippen molar-refractivity contribution in [2.24, 2.45) is 0 Å². The maximum atomic E-state index is 12.9. The molecule has 0 aromatic heterocycles. The van der Waals surface area contributed by atoms with Crippen LogP contribution in [0.25, 0.3) is 0 Å². The quantitative estimate of drug-likeness (QED) is 0.443. The molecule has 0 aromatic rings. The molecule has 0 amide bonds. The minimum atomic E-state index is -5.05. The summed E-state index contributed by atoms with van der Waals surface area (Å²) in [5.74, 6) is -5.54. The van der Waals surface area contributed by atoms with E-state index in [-0.39, 0.29) is 6.08 Å². The average molecular weight is 264 g/mol. The van der Waals surface area contributed by atoms with E-state index in [2.05, 4.69) is 4.74 Å². The van der Waals surface area contributed by atoms with E-state index in [0.717, 1.165) is 14.0 Å². The van der Waals surface area contributed by atoms with E-state index in [0.29, 0.717) is 0 Å². The Bertz CT molecular complexity index is 307. The molecular formula is C9H10F6O2. The molecule has 0 rings (SSSR count). The van der Waals surface area contributed by atoms with Crippen molar-refractivity contribution in [2.75, 3.05) is 7.11 Å². The van der Waals surface area contributed by atoms with Gasteiger partial charge in [0.2, 0.25) is 0 Å². The third-order valence-electron chi connectivity index (χ3n) is 1.74. The molecule has 0 fully saturated rings. The van der Waals surface area contributed by atoms with Gasteiger partial charge in [-0.3, -0.25) is 0 Å². The Kier molecular flexibility index (Phi) is 5.03. The number of hydrogen-bond donors (Lipinski definition) is 0. The highest BCUT2D eigenvalue weighted by atomic mass is 19.4. The number of carbonyl (C=O) groups is 1. The fraction of sp³-hybridized carbons (Fsp3) is 0.667. The summed E-state index contributed by atoms with van der Waals surface area (Å²) in [6, 6.07) is 0. The van der Waals surface area contributed by atoms with Gasteiger partial charge < -0.3 is 4.74 Å². The van der Waals surface area contributed by atoms with Crippen molar-refractivity contribution in [3.63, 3.8) is 0 Å². The minimum Gasteiger partial charge on any atom is -0.466 e. The molecule has 8 heteroatoms. The molecule has 0 N–H and O–H groups in total. The van der Waals surface area contributed by atoms with Crippen LogP contribution in [-0.2, 0) is 9.53 Å². The standard InChI is InChI=1S/C9H10F6O2/c1-5(7(16)17-2)3-8(11,12)6(10)4-9(13,14)15/h3,6H,4H2,1-2H3. The molecule has 100 valence electrons. The summed E-state index contributed by atoms with van der Waals surface area (Å²) in [5.41, 5.74) is -0.665. The van der Waals surface area contributed by atoms with E-state index in [4.69, 9.17) is 0 Å². The van der Waals surface area contributed by atoms with Crippen LogP contribution in [0.5, 0.6) is 0 Å². The Morgan fingerprint density at radius 1 is 1.29 bits per heavy atom. The number of alkyl halides is 6. The molecule has 0 saturated heterocycles. The van der Waals surface area contributed by atoms with Crippen LogP contribution in [0.4, 0.5) is 26.3 Å². The highest BCUT2D eigenvalue weighted by Crippen LogP contribution is 2.33. The van der Waals surface area contributed by atoms with Gasteiger partial charge in [-0.25, -0.2) is 9.18 Å². The van der Waals surface area contributed by atoms with E-state index in [1.165, 1.54) is 0 Å². The fourth-order valence-electron chi connectivity index (χ4n) is 0.938. The summed E-state index contributed by atoms with van der Waals surface area (Å²) in [5, 5.41) is 0. The summed E-state index contributed by atoms with van der Waals surface area (Å²) in [6.45, 7) is 0.889. The molecular weight excluding hydrogens is 254 g/mol. The summed E-state index contributed by atoms with van der Waals surface area (Å²) < 4.78 is 77.8. The third-order valence-corrected chi connectivity index (χ3v) is 1.74. The summed E-state index contributed by atoms with van der Waals surface area (Å²) in [4.78, 5) is 10.7. The van der Waals surface area contributed by atoms with E-state index >= 15 is 0 Å². The molecule has 0 aromatic carbocycles. The lowest BCUT2D eigenvalue weighted by molar-refractivity contribution is -0.168. The molecule has 0 heterocycles. The van der Waals surface area contributed by atoms with Gasteiger partial charge in [0.25, 0.3) is 5.92 Å². The van der Waals surface area contributed by atoms with E-state index in [9.17, 15) is 31.1 Å². The summed E-state index contributed by atoms with van der Waals surface area (Å²) in [7, 11) is 0.903. The number of carbonyl (C=O) groups excluding carboxylic acids is 1. The second-order valence-corrected chi connectivity index (χ2v) is 3.28. The van der Waals surface area contributed by atoms with Crippen LogP contribution in [0, 0.1) is 0 Å². The zero-order chi connectivity index (χ0) is 13.9. The number of allylic oxidation sites excluding steroid dienone is 1. The van der Waals surface area contributed by atoms with Crippen LogP contribution in [0.3, 0.4) is 0 Å². The first-order valence-corrected chi connectivity index (χ1v) is 4.36. The second-order valence-electron chi connectivity index (χ2n) is 3.28. The van der Waals surface area contributed by atoms with Gasteiger partial charge in [0.15, 0.2) is 6.17 Å². The van der Waals surface area contributed by atoms with Crippen LogP contribution >= 0.6 is 0 Å². The Labute approximate surface area is 93.2 Å². The molecule has 0 aliphatic heterocycles. The lowest BCUT2D eigenvalue weighted by atomic mass is 10.1. The third kappa shape index (κ3) is 5.60. The van der Waals surface area contributed by atoms with Gasteiger partial charge in [-0.2, -0.15) is 22.0 Å². The highest BCUT2D eigenvalue weighted by Gasteiger charge is 2.45. The maximum Gasteiger partial charge on any atom is 0.392 e.